The van der Waals surface area contributed by atoms with Crippen molar-refractivity contribution in [1.29, 1.82) is 0 Å². The summed E-state index contributed by atoms with van der Waals surface area (Å²) >= 11 is 0. The number of aryl methyl sites for hydroxylation is 2. The van der Waals surface area contributed by atoms with Crippen LogP contribution in [0, 0.1) is 6.92 Å². The Bertz CT molecular complexity index is 1340. The number of pyridine rings is 1. The van der Waals surface area contributed by atoms with E-state index >= 15 is 0 Å². The van der Waals surface area contributed by atoms with Crippen LogP contribution in [0.15, 0.2) is 47.5 Å². The van der Waals surface area contributed by atoms with Gasteiger partial charge in [0.1, 0.15) is 11.6 Å². The van der Waals surface area contributed by atoms with Gasteiger partial charge in [0.15, 0.2) is 5.82 Å². The predicted molar refractivity (Wildman–Crippen MR) is 129 cm³/mol. The summed E-state index contributed by atoms with van der Waals surface area (Å²) in [6, 6.07) is 10.7. The molecule has 5 rings (SSSR count). The molecule has 2 aromatic heterocycles. The molecule has 0 unspecified atom stereocenters. The highest BCUT2D eigenvalue weighted by atomic mass is 32.2. The topological polar surface area (TPSA) is 129 Å². The number of hydrogen-bond donors (Lipinski definition) is 3. The molecule has 2 aliphatic heterocycles. The van der Waals surface area contributed by atoms with Crippen molar-refractivity contribution in [1.82, 2.24) is 19.9 Å². The molecule has 0 spiro atoms. The van der Waals surface area contributed by atoms with Gasteiger partial charge in [-0.1, -0.05) is 0 Å². The predicted octanol–water partition coefficient (Wildman–Crippen LogP) is 2.15. The molecule has 1 amide bonds. The number of benzene rings is 1. The van der Waals surface area contributed by atoms with E-state index < -0.39 is 10.0 Å². The smallest absolute Gasteiger partial charge is 0.240 e. The monoisotopic (exact) mass is 479 g/mol. The van der Waals surface area contributed by atoms with Crippen LogP contribution in [0.3, 0.4) is 0 Å². The quantitative estimate of drug-likeness (QED) is 0.419. The maximum atomic E-state index is 12.9. The van der Waals surface area contributed by atoms with E-state index in [9.17, 15) is 13.2 Å². The van der Waals surface area contributed by atoms with Gasteiger partial charge in [0.05, 0.1) is 10.6 Å². The standard InChI is InChI=1S/C23H25N7O3S/c1-15-6-8-24-21(12-15)27-20-4-3-19(28-29-20)25-9-10-26-34(32,33)18-13-16-2-5-22(31)30-11-7-17(14-18)23(16)30/h3-4,6,8,12-14,26H,2,5,7,9-11H2,1H3,(H,25,28)(H,24,27,29). The number of rotatable bonds is 8. The van der Waals surface area contributed by atoms with Gasteiger partial charge in [0, 0.05) is 32.3 Å². The fraction of sp³-hybridized carbons (Fsp3) is 0.304. The van der Waals surface area contributed by atoms with E-state index in [-0.39, 0.29) is 17.3 Å². The van der Waals surface area contributed by atoms with E-state index in [0.29, 0.717) is 49.8 Å². The number of carbonyl (C=O) groups is 1. The summed E-state index contributed by atoms with van der Waals surface area (Å²) in [6.45, 7) is 3.14. The maximum absolute atomic E-state index is 12.9. The third-order valence-corrected chi connectivity index (χ3v) is 7.34. The van der Waals surface area contributed by atoms with E-state index in [1.165, 1.54) is 0 Å². The van der Waals surface area contributed by atoms with Gasteiger partial charge in [-0.3, -0.25) is 4.79 Å². The van der Waals surface area contributed by atoms with Gasteiger partial charge < -0.3 is 15.5 Å². The first kappa shape index (κ1) is 22.2. The van der Waals surface area contributed by atoms with E-state index in [4.69, 9.17) is 0 Å². The normalized spacial score (nSPS) is 14.7. The van der Waals surface area contributed by atoms with Crippen LogP contribution in [0.4, 0.5) is 23.1 Å². The molecule has 3 aromatic rings. The number of sulfonamides is 1. The Balaban J connectivity index is 1.16. The number of nitrogens with zero attached hydrogens (tertiary/aromatic N) is 4. The molecule has 0 aliphatic carbocycles. The molecule has 0 saturated heterocycles. The zero-order valence-corrected chi connectivity index (χ0v) is 19.5. The number of aromatic nitrogens is 3. The summed E-state index contributed by atoms with van der Waals surface area (Å²) in [5, 5.41) is 14.4. The van der Waals surface area contributed by atoms with Crippen LogP contribution in [0.1, 0.15) is 23.1 Å². The molecule has 3 N–H and O–H groups in total. The molecule has 0 fully saturated rings. The molecule has 0 saturated carbocycles. The Morgan fingerprint density at radius 2 is 1.71 bits per heavy atom. The van der Waals surface area contributed by atoms with Gasteiger partial charge in [0.25, 0.3) is 0 Å². The van der Waals surface area contributed by atoms with E-state index in [0.717, 1.165) is 22.4 Å². The summed E-state index contributed by atoms with van der Waals surface area (Å²) in [4.78, 5) is 18.3. The second kappa shape index (κ2) is 8.99. The summed E-state index contributed by atoms with van der Waals surface area (Å²) in [5.74, 6) is 1.90. The molecule has 0 bridgehead atoms. The number of carbonyl (C=O) groups excluding carboxylic acids is 1. The number of amides is 1. The van der Waals surface area contributed by atoms with Gasteiger partial charge in [-0.05, 0) is 72.9 Å². The minimum absolute atomic E-state index is 0.116. The summed E-state index contributed by atoms with van der Waals surface area (Å²) in [5.41, 5.74) is 3.85. The third kappa shape index (κ3) is 4.57. The molecular formula is C23H25N7O3S. The van der Waals surface area contributed by atoms with Gasteiger partial charge in [-0.15, -0.1) is 10.2 Å². The molecule has 176 valence electrons. The van der Waals surface area contributed by atoms with Gasteiger partial charge >= 0.3 is 0 Å². The lowest BCUT2D eigenvalue weighted by Gasteiger charge is -2.25. The minimum Gasteiger partial charge on any atom is -0.367 e. The Labute approximate surface area is 197 Å². The van der Waals surface area contributed by atoms with Gasteiger partial charge in [-0.2, -0.15) is 0 Å². The molecule has 2 aliphatic rings. The fourth-order valence-electron chi connectivity index (χ4n) is 4.27. The molecule has 10 nitrogen and oxygen atoms in total. The Morgan fingerprint density at radius 1 is 0.941 bits per heavy atom. The molecule has 34 heavy (non-hydrogen) atoms. The lowest BCUT2D eigenvalue weighted by atomic mass is 10.00. The summed E-state index contributed by atoms with van der Waals surface area (Å²) < 4.78 is 28.3. The minimum atomic E-state index is -3.67. The van der Waals surface area contributed by atoms with Crippen LogP contribution in [-0.4, -0.2) is 49.1 Å². The van der Waals surface area contributed by atoms with Crippen molar-refractivity contribution < 1.29 is 13.2 Å². The van der Waals surface area contributed by atoms with Crippen molar-refractivity contribution in [3.63, 3.8) is 0 Å². The van der Waals surface area contributed by atoms with Gasteiger partial charge in [0.2, 0.25) is 15.9 Å². The van der Waals surface area contributed by atoms with E-state index in [1.54, 1.807) is 35.4 Å². The fourth-order valence-corrected chi connectivity index (χ4v) is 5.40. The first-order chi connectivity index (χ1) is 16.4. The Hall–Kier alpha value is -3.57. The van der Waals surface area contributed by atoms with Crippen LogP contribution in [-0.2, 0) is 27.7 Å². The lowest BCUT2D eigenvalue weighted by Crippen LogP contribution is -2.33. The SMILES string of the molecule is Cc1ccnc(Nc2ccc(NCCNS(=O)(=O)c3cc4c5c(c3)CCN5C(=O)CC4)nn2)c1. The van der Waals surface area contributed by atoms with Crippen molar-refractivity contribution >= 4 is 39.1 Å². The van der Waals surface area contributed by atoms with Crippen molar-refractivity contribution in [3.05, 3.63) is 59.3 Å². The van der Waals surface area contributed by atoms with Crippen LogP contribution in [0.5, 0.6) is 0 Å². The summed E-state index contributed by atoms with van der Waals surface area (Å²) in [7, 11) is -3.67. The van der Waals surface area contributed by atoms with Crippen molar-refractivity contribution in [3.8, 4) is 0 Å². The number of nitrogens with one attached hydrogen (secondary N) is 3. The molecule has 11 heteroatoms. The number of hydrogen-bond acceptors (Lipinski definition) is 8. The molecule has 1 aromatic carbocycles. The van der Waals surface area contributed by atoms with Gasteiger partial charge in [-0.25, -0.2) is 18.1 Å². The van der Waals surface area contributed by atoms with Crippen LogP contribution < -0.4 is 20.3 Å². The highest BCUT2D eigenvalue weighted by Crippen LogP contribution is 2.38. The van der Waals surface area contributed by atoms with Crippen LogP contribution in [0.2, 0.25) is 0 Å². The summed E-state index contributed by atoms with van der Waals surface area (Å²) in [6.07, 6.45) is 3.40. The molecule has 0 atom stereocenters. The Kier molecular flexibility index (Phi) is 5.88. The molecule has 4 heterocycles. The van der Waals surface area contributed by atoms with Crippen LogP contribution in [0.25, 0.3) is 0 Å². The average Bonchev–Trinajstić information content (AvgIpc) is 3.26. The first-order valence-electron chi connectivity index (χ1n) is 11.1. The molecule has 0 radical (unpaired) electrons. The van der Waals surface area contributed by atoms with Crippen molar-refractivity contribution in [2.24, 2.45) is 0 Å². The zero-order chi connectivity index (χ0) is 23.7. The van der Waals surface area contributed by atoms with Crippen LogP contribution >= 0.6 is 0 Å². The lowest BCUT2D eigenvalue weighted by molar-refractivity contribution is -0.118. The highest BCUT2D eigenvalue weighted by Gasteiger charge is 2.32. The first-order valence-corrected chi connectivity index (χ1v) is 12.6. The second-order valence-corrected chi connectivity index (χ2v) is 10.1. The van der Waals surface area contributed by atoms with Crippen molar-refractivity contribution in [2.45, 2.75) is 31.1 Å². The molecular weight excluding hydrogens is 454 g/mol. The zero-order valence-electron chi connectivity index (χ0n) is 18.7. The highest BCUT2D eigenvalue weighted by molar-refractivity contribution is 7.89. The number of anilines is 4. The second-order valence-electron chi connectivity index (χ2n) is 8.36. The maximum Gasteiger partial charge on any atom is 0.240 e. The van der Waals surface area contributed by atoms with E-state index in [2.05, 4.69) is 30.5 Å². The average molecular weight is 480 g/mol. The largest absolute Gasteiger partial charge is 0.367 e. The Morgan fingerprint density at radius 3 is 2.47 bits per heavy atom. The third-order valence-electron chi connectivity index (χ3n) is 5.89. The van der Waals surface area contributed by atoms with Crippen molar-refractivity contribution in [2.75, 3.05) is 35.2 Å². The van der Waals surface area contributed by atoms with E-state index in [1.807, 2.05) is 19.1 Å².